The van der Waals surface area contributed by atoms with Crippen LogP contribution < -0.4 is 5.73 Å². The third-order valence-corrected chi connectivity index (χ3v) is 6.29. The molecule has 0 unspecified atom stereocenters. The second-order valence-electron chi connectivity index (χ2n) is 6.18. The lowest BCUT2D eigenvalue weighted by molar-refractivity contribution is -0.137. The lowest BCUT2D eigenvalue weighted by Crippen LogP contribution is -2.36. The van der Waals surface area contributed by atoms with Gasteiger partial charge in [0.25, 0.3) is 0 Å². The van der Waals surface area contributed by atoms with E-state index in [4.69, 9.17) is 17.3 Å². The average molecular weight is 398 g/mol. The van der Waals surface area contributed by atoms with E-state index in [1.807, 2.05) is 84.9 Å². The lowest BCUT2D eigenvalue weighted by atomic mass is 9.84. The summed E-state index contributed by atoms with van der Waals surface area (Å²) in [6.45, 7) is 0. The standard InChI is InChI=1S/C22H20ClNO2S/c23-19-13-7-12-18(14-19)22(16-8-3-1-4-9-16,17-10-5-2-6-11-17)27-15-20(24)21(25)26/h1-14,20H,15,24H2,(H,25,26)/t20-/m0/s1. The van der Waals surface area contributed by atoms with Gasteiger partial charge in [-0.3, -0.25) is 4.79 Å². The predicted molar refractivity (Wildman–Crippen MR) is 112 cm³/mol. The van der Waals surface area contributed by atoms with Gasteiger partial charge in [0.15, 0.2) is 0 Å². The summed E-state index contributed by atoms with van der Waals surface area (Å²) in [4.78, 5) is 11.3. The Kier molecular flexibility index (Phi) is 6.22. The number of aliphatic carboxylic acids is 1. The Morgan fingerprint density at radius 2 is 1.44 bits per heavy atom. The molecule has 0 saturated heterocycles. The van der Waals surface area contributed by atoms with Gasteiger partial charge in [0.2, 0.25) is 0 Å². The molecule has 0 aliphatic heterocycles. The molecule has 0 spiro atoms. The second kappa shape index (κ2) is 8.61. The molecule has 138 valence electrons. The Balaban J connectivity index is 2.23. The molecular formula is C22H20ClNO2S. The van der Waals surface area contributed by atoms with Gasteiger partial charge in [0, 0.05) is 10.8 Å². The molecule has 0 bridgehead atoms. The number of carboxylic acids is 1. The molecule has 0 aromatic heterocycles. The number of hydrogen-bond acceptors (Lipinski definition) is 3. The largest absolute Gasteiger partial charge is 0.480 e. The molecule has 27 heavy (non-hydrogen) atoms. The molecule has 0 fully saturated rings. The van der Waals surface area contributed by atoms with Gasteiger partial charge in [0.05, 0.1) is 4.75 Å². The van der Waals surface area contributed by atoms with Gasteiger partial charge in [-0.25, -0.2) is 0 Å². The van der Waals surface area contributed by atoms with Gasteiger partial charge >= 0.3 is 5.97 Å². The summed E-state index contributed by atoms with van der Waals surface area (Å²) in [5, 5.41) is 9.91. The van der Waals surface area contributed by atoms with E-state index in [2.05, 4.69) is 0 Å². The van der Waals surface area contributed by atoms with Crippen molar-refractivity contribution in [2.75, 3.05) is 5.75 Å². The van der Waals surface area contributed by atoms with Crippen molar-refractivity contribution in [3.63, 3.8) is 0 Å². The van der Waals surface area contributed by atoms with Crippen molar-refractivity contribution in [2.24, 2.45) is 5.73 Å². The minimum atomic E-state index is -1.01. The van der Waals surface area contributed by atoms with Crippen LogP contribution >= 0.6 is 23.4 Å². The normalized spacial score (nSPS) is 12.5. The third-order valence-electron chi connectivity index (χ3n) is 4.39. The van der Waals surface area contributed by atoms with Crippen LogP contribution in [0.15, 0.2) is 84.9 Å². The maximum absolute atomic E-state index is 11.3. The summed E-state index contributed by atoms with van der Waals surface area (Å²) in [7, 11) is 0. The number of carboxylic acid groups (broad SMARTS) is 1. The van der Waals surface area contributed by atoms with Crippen LogP contribution in [0.2, 0.25) is 5.02 Å². The number of carbonyl (C=O) groups is 1. The Bertz CT molecular complexity index is 863. The molecular weight excluding hydrogens is 378 g/mol. The van der Waals surface area contributed by atoms with Crippen molar-refractivity contribution >= 4 is 29.3 Å². The predicted octanol–water partition coefficient (Wildman–Crippen LogP) is 4.78. The molecule has 3 nitrogen and oxygen atoms in total. The summed E-state index contributed by atoms with van der Waals surface area (Å²) in [5.41, 5.74) is 8.91. The van der Waals surface area contributed by atoms with Crippen molar-refractivity contribution in [3.8, 4) is 0 Å². The first-order valence-electron chi connectivity index (χ1n) is 8.53. The Labute approximate surface area is 168 Å². The minimum Gasteiger partial charge on any atom is -0.480 e. The van der Waals surface area contributed by atoms with E-state index in [1.165, 1.54) is 11.8 Å². The highest BCUT2D eigenvalue weighted by Gasteiger charge is 2.38. The maximum Gasteiger partial charge on any atom is 0.321 e. The van der Waals surface area contributed by atoms with Gasteiger partial charge in [-0.2, -0.15) is 0 Å². The van der Waals surface area contributed by atoms with E-state index in [1.54, 1.807) is 0 Å². The Morgan fingerprint density at radius 1 is 0.926 bits per heavy atom. The topological polar surface area (TPSA) is 63.3 Å². The molecule has 3 aromatic rings. The van der Waals surface area contributed by atoms with Crippen LogP contribution in [-0.4, -0.2) is 22.9 Å². The van der Waals surface area contributed by atoms with E-state index >= 15 is 0 Å². The van der Waals surface area contributed by atoms with Crippen molar-refractivity contribution in [1.29, 1.82) is 0 Å². The van der Waals surface area contributed by atoms with Crippen LogP contribution in [0.5, 0.6) is 0 Å². The first-order valence-corrected chi connectivity index (χ1v) is 9.90. The van der Waals surface area contributed by atoms with Crippen molar-refractivity contribution in [1.82, 2.24) is 0 Å². The average Bonchev–Trinajstić information content (AvgIpc) is 2.70. The molecule has 0 radical (unpaired) electrons. The monoisotopic (exact) mass is 397 g/mol. The highest BCUT2D eigenvalue weighted by molar-refractivity contribution is 8.00. The van der Waals surface area contributed by atoms with Crippen LogP contribution in [-0.2, 0) is 9.54 Å². The van der Waals surface area contributed by atoms with Crippen LogP contribution in [0, 0.1) is 0 Å². The van der Waals surface area contributed by atoms with Crippen LogP contribution in [0.1, 0.15) is 16.7 Å². The Hall–Kier alpha value is -2.27. The fraction of sp³-hybridized carbons (Fsp3) is 0.136. The van der Waals surface area contributed by atoms with Gasteiger partial charge < -0.3 is 10.8 Å². The van der Waals surface area contributed by atoms with E-state index in [-0.39, 0.29) is 5.75 Å². The smallest absolute Gasteiger partial charge is 0.321 e. The number of halogens is 1. The molecule has 1 atom stereocenters. The van der Waals surface area contributed by atoms with E-state index in [0.29, 0.717) is 5.02 Å². The summed E-state index contributed by atoms with van der Waals surface area (Å²) < 4.78 is -0.625. The number of thioether (sulfide) groups is 1. The molecule has 0 amide bonds. The number of benzene rings is 3. The van der Waals surface area contributed by atoms with Crippen LogP contribution in [0.25, 0.3) is 0 Å². The van der Waals surface area contributed by atoms with Gasteiger partial charge in [0.1, 0.15) is 6.04 Å². The molecule has 0 saturated carbocycles. The first-order chi connectivity index (χ1) is 13.0. The molecule has 0 aliphatic carbocycles. The van der Waals surface area contributed by atoms with E-state index in [9.17, 15) is 9.90 Å². The zero-order valence-corrected chi connectivity index (χ0v) is 16.2. The third kappa shape index (κ3) is 4.19. The van der Waals surface area contributed by atoms with Crippen LogP contribution in [0.3, 0.4) is 0 Å². The summed E-state index contributed by atoms with van der Waals surface area (Å²) >= 11 is 7.82. The molecule has 0 aliphatic rings. The number of rotatable bonds is 7. The van der Waals surface area contributed by atoms with Crippen molar-refractivity contribution in [2.45, 2.75) is 10.8 Å². The van der Waals surface area contributed by atoms with Crippen molar-refractivity contribution < 1.29 is 9.90 Å². The molecule has 3 rings (SSSR count). The summed E-state index contributed by atoms with van der Waals surface area (Å²) in [6, 6.07) is 26.8. The lowest BCUT2D eigenvalue weighted by Gasteiger charge is -2.36. The molecule has 0 heterocycles. The van der Waals surface area contributed by atoms with Gasteiger partial charge in [-0.05, 0) is 28.8 Å². The number of nitrogens with two attached hydrogens (primary N) is 1. The molecule has 3 N–H and O–H groups in total. The minimum absolute atomic E-state index is 0.256. The highest BCUT2D eigenvalue weighted by Crippen LogP contribution is 2.49. The summed E-state index contributed by atoms with van der Waals surface area (Å²) in [5.74, 6) is -0.755. The quantitative estimate of drug-likeness (QED) is 0.563. The van der Waals surface area contributed by atoms with Gasteiger partial charge in [-0.1, -0.05) is 84.4 Å². The SMILES string of the molecule is N[C@@H](CSC(c1ccccc1)(c1ccccc1)c1cccc(Cl)c1)C(=O)O. The summed E-state index contributed by atoms with van der Waals surface area (Å²) in [6.07, 6.45) is 0. The van der Waals surface area contributed by atoms with E-state index < -0.39 is 16.8 Å². The van der Waals surface area contributed by atoms with Crippen molar-refractivity contribution in [3.05, 3.63) is 107 Å². The maximum atomic E-state index is 11.3. The molecule has 5 heteroatoms. The van der Waals surface area contributed by atoms with E-state index in [0.717, 1.165) is 16.7 Å². The Morgan fingerprint density at radius 3 is 1.93 bits per heavy atom. The zero-order chi connectivity index (χ0) is 19.3. The van der Waals surface area contributed by atoms with Crippen LogP contribution in [0.4, 0.5) is 0 Å². The molecule has 3 aromatic carbocycles. The fourth-order valence-electron chi connectivity index (χ4n) is 3.09. The highest BCUT2D eigenvalue weighted by atomic mass is 35.5. The number of hydrogen-bond donors (Lipinski definition) is 2. The fourth-order valence-corrected chi connectivity index (χ4v) is 4.75. The van der Waals surface area contributed by atoms with Gasteiger partial charge in [-0.15, -0.1) is 11.8 Å². The first kappa shape index (κ1) is 19.5. The second-order valence-corrected chi connectivity index (χ2v) is 7.85. The zero-order valence-electron chi connectivity index (χ0n) is 14.6.